The van der Waals surface area contributed by atoms with Crippen LogP contribution in [0.15, 0.2) is 24.3 Å². The molecule has 0 aliphatic heterocycles. The zero-order chi connectivity index (χ0) is 14.7. The number of aryl methyl sites for hydroxylation is 2. The zero-order valence-electron chi connectivity index (χ0n) is 12.3. The van der Waals surface area contributed by atoms with E-state index in [9.17, 15) is 4.79 Å². The van der Waals surface area contributed by atoms with Crippen molar-refractivity contribution in [3.05, 3.63) is 47.0 Å². The Morgan fingerprint density at radius 2 is 2.10 bits per heavy atom. The summed E-state index contributed by atoms with van der Waals surface area (Å²) < 4.78 is 1.87. The zero-order valence-corrected chi connectivity index (χ0v) is 12.3. The molecule has 0 radical (unpaired) electrons. The molecule has 5 nitrogen and oxygen atoms in total. The standard InChI is InChI=1S/C15H20N4O/c1-10-6-5-7-13(8-10)11(2)15(20)16-9-14-18-17-12(3)19(14)4/h5-8,11H,9H2,1-4H3,(H,16,20). The van der Waals surface area contributed by atoms with Crippen molar-refractivity contribution in [1.29, 1.82) is 0 Å². The van der Waals surface area contributed by atoms with Crippen LogP contribution in [0, 0.1) is 13.8 Å². The van der Waals surface area contributed by atoms with Gasteiger partial charge in [-0.3, -0.25) is 4.79 Å². The Kier molecular flexibility index (Phi) is 4.17. The summed E-state index contributed by atoms with van der Waals surface area (Å²) in [6, 6.07) is 8.01. The summed E-state index contributed by atoms with van der Waals surface area (Å²) >= 11 is 0. The summed E-state index contributed by atoms with van der Waals surface area (Å²) in [5, 5.41) is 10.9. The summed E-state index contributed by atoms with van der Waals surface area (Å²) in [7, 11) is 1.89. The van der Waals surface area contributed by atoms with Crippen LogP contribution in [0.4, 0.5) is 0 Å². The second-order valence-corrected chi connectivity index (χ2v) is 5.08. The third-order valence-electron chi connectivity index (χ3n) is 3.54. The van der Waals surface area contributed by atoms with Crippen LogP contribution < -0.4 is 5.32 Å². The highest BCUT2D eigenvalue weighted by atomic mass is 16.1. The Morgan fingerprint density at radius 3 is 2.70 bits per heavy atom. The van der Waals surface area contributed by atoms with Crippen molar-refractivity contribution < 1.29 is 4.79 Å². The average molecular weight is 272 g/mol. The normalized spacial score (nSPS) is 12.2. The predicted molar refractivity (Wildman–Crippen MR) is 77.2 cm³/mol. The highest BCUT2D eigenvalue weighted by Crippen LogP contribution is 2.16. The van der Waals surface area contributed by atoms with Crippen LogP contribution in [0.1, 0.15) is 35.6 Å². The third-order valence-corrected chi connectivity index (χ3v) is 3.54. The number of amides is 1. The van der Waals surface area contributed by atoms with Gasteiger partial charge in [0.25, 0.3) is 0 Å². The number of nitrogens with one attached hydrogen (secondary N) is 1. The molecule has 1 N–H and O–H groups in total. The monoisotopic (exact) mass is 272 g/mol. The molecule has 1 unspecified atom stereocenters. The highest BCUT2D eigenvalue weighted by Gasteiger charge is 2.16. The Balaban J connectivity index is 2.00. The molecule has 1 aromatic heterocycles. The van der Waals surface area contributed by atoms with Crippen molar-refractivity contribution in [3.8, 4) is 0 Å². The maximum atomic E-state index is 12.2. The first-order valence-electron chi connectivity index (χ1n) is 6.68. The molecule has 0 fully saturated rings. The molecule has 1 atom stereocenters. The lowest BCUT2D eigenvalue weighted by Gasteiger charge is -2.13. The predicted octanol–water partition coefficient (Wildman–Crippen LogP) is 1.85. The molecule has 0 aliphatic rings. The summed E-state index contributed by atoms with van der Waals surface area (Å²) in [6.07, 6.45) is 0. The van der Waals surface area contributed by atoms with Gasteiger partial charge in [-0.15, -0.1) is 10.2 Å². The molecule has 2 aromatic rings. The van der Waals surface area contributed by atoms with E-state index in [2.05, 4.69) is 15.5 Å². The van der Waals surface area contributed by atoms with E-state index in [4.69, 9.17) is 0 Å². The summed E-state index contributed by atoms with van der Waals surface area (Å²) in [5.41, 5.74) is 2.18. The summed E-state index contributed by atoms with van der Waals surface area (Å²) in [5.74, 6) is 1.41. The van der Waals surface area contributed by atoms with Gasteiger partial charge in [0.2, 0.25) is 5.91 Å². The molecule has 0 spiro atoms. The van der Waals surface area contributed by atoms with E-state index in [0.29, 0.717) is 6.54 Å². The molecule has 1 aromatic carbocycles. The van der Waals surface area contributed by atoms with Gasteiger partial charge in [0.1, 0.15) is 5.82 Å². The number of carbonyl (C=O) groups excluding carboxylic acids is 1. The van der Waals surface area contributed by atoms with Gasteiger partial charge in [0, 0.05) is 7.05 Å². The van der Waals surface area contributed by atoms with Gasteiger partial charge < -0.3 is 9.88 Å². The molecule has 5 heteroatoms. The van der Waals surface area contributed by atoms with Crippen molar-refractivity contribution in [1.82, 2.24) is 20.1 Å². The maximum absolute atomic E-state index is 12.2. The van der Waals surface area contributed by atoms with E-state index < -0.39 is 0 Å². The van der Waals surface area contributed by atoms with Gasteiger partial charge in [0.05, 0.1) is 12.5 Å². The number of hydrogen-bond acceptors (Lipinski definition) is 3. The lowest BCUT2D eigenvalue weighted by atomic mass is 9.99. The lowest BCUT2D eigenvalue weighted by molar-refractivity contribution is -0.122. The van der Waals surface area contributed by atoms with Gasteiger partial charge in [-0.2, -0.15) is 0 Å². The second-order valence-electron chi connectivity index (χ2n) is 5.08. The minimum Gasteiger partial charge on any atom is -0.348 e. The molecule has 1 heterocycles. The average Bonchev–Trinajstić information content (AvgIpc) is 2.75. The van der Waals surface area contributed by atoms with E-state index in [1.807, 2.05) is 56.7 Å². The number of benzene rings is 1. The number of nitrogens with zero attached hydrogens (tertiary/aromatic N) is 3. The van der Waals surface area contributed by atoms with E-state index >= 15 is 0 Å². The number of aromatic nitrogens is 3. The molecule has 0 bridgehead atoms. The molecule has 0 saturated heterocycles. The van der Waals surface area contributed by atoms with Crippen molar-refractivity contribution in [2.24, 2.45) is 7.05 Å². The summed E-state index contributed by atoms with van der Waals surface area (Å²) in [4.78, 5) is 12.2. The first kappa shape index (κ1) is 14.2. The largest absolute Gasteiger partial charge is 0.348 e. The van der Waals surface area contributed by atoms with Gasteiger partial charge in [-0.05, 0) is 26.3 Å². The van der Waals surface area contributed by atoms with E-state index in [1.54, 1.807) is 0 Å². The summed E-state index contributed by atoms with van der Waals surface area (Å²) in [6.45, 7) is 6.21. The van der Waals surface area contributed by atoms with E-state index in [1.165, 1.54) is 0 Å². The Bertz CT molecular complexity index is 618. The first-order chi connectivity index (χ1) is 9.49. The minimum absolute atomic E-state index is 0.00347. The first-order valence-corrected chi connectivity index (χ1v) is 6.68. The fourth-order valence-corrected chi connectivity index (χ4v) is 2.02. The number of carbonyl (C=O) groups is 1. The van der Waals surface area contributed by atoms with Crippen molar-refractivity contribution in [2.75, 3.05) is 0 Å². The van der Waals surface area contributed by atoms with E-state index in [-0.39, 0.29) is 11.8 Å². The van der Waals surface area contributed by atoms with Crippen LogP contribution in [0.3, 0.4) is 0 Å². The second kappa shape index (κ2) is 5.86. The Hall–Kier alpha value is -2.17. The third kappa shape index (κ3) is 3.04. The minimum atomic E-state index is -0.177. The fourth-order valence-electron chi connectivity index (χ4n) is 2.02. The Labute approximate surface area is 119 Å². The maximum Gasteiger partial charge on any atom is 0.227 e. The number of rotatable bonds is 4. The van der Waals surface area contributed by atoms with Crippen LogP contribution >= 0.6 is 0 Å². The van der Waals surface area contributed by atoms with Gasteiger partial charge in [-0.25, -0.2) is 0 Å². The van der Waals surface area contributed by atoms with Crippen LogP contribution in [0.2, 0.25) is 0 Å². The lowest BCUT2D eigenvalue weighted by Crippen LogP contribution is -2.28. The van der Waals surface area contributed by atoms with Crippen LogP contribution in [-0.4, -0.2) is 20.7 Å². The van der Waals surface area contributed by atoms with Crippen LogP contribution in [0.5, 0.6) is 0 Å². The molecule has 106 valence electrons. The quantitative estimate of drug-likeness (QED) is 0.924. The molecule has 20 heavy (non-hydrogen) atoms. The molecular weight excluding hydrogens is 252 g/mol. The fraction of sp³-hybridized carbons (Fsp3) is 0.400. The van der Waals surface area contributed by atoms with Crippen LogP contribution in [-0.2, 0) is 18.4 Å². The van der Waals surface area contributed by atoms with Crippen molar-refractivity contribution in [3.63, 3.8) is 0 Å². The van der Waals surface area contributed by atoms with Crippen molar-refractivity contribution in [2.45, 2.75) is 33.2 Å². The van der Waals surface area contributed by atoms with Crippen LogP contribution in [0.25, 0.3) is 0 Å². The molecule has 2 rings (SSSR count). The molecule has 0 saturated carbocycles. The van der Waals surface area contributed by atoms with E-state index in [0.717, 1.165) is 22.8 Å². The topological polar surface area (TPSA) is 59.8 Å². The van der Waals surface area contributed by atoms with Gasteiger partial charge in [0.15, 0.2) is 5.82 Å². The highest BCUT2D eigenvalue weighted by molar-refractivity contribution is 5.83. The molecule has 0 aliphatic carbocycles. The smallest absolute Gasteiger partial charge is 0.227 e. The van der Waals surface area contributed by atoms with Crippen molar-refractivity contribution >= 4 is 5.91 Å². The Morgan fingerprint density at radius 1 is 1.35 bits per heavy atom. The number of hydrogen-bond donors (Lipinski definition) is 1. The molecular formula is C15H20N4O. The van der Waals surface area contributed by atoms with Gasteiger partial charge >= 0.3 is 0 Å². The molecule has 1 amide bonds. The SMILES string of the molecule is Cc1cccc(C(C)C(=O)NCc2nnc(C)n2C)c1. The van der Waals surface area contributed by atoms with Gasteiger partial charge in [-0.1, -0.05) is 29.8 Å².